The number of benzene rings is 2. The minimum atomic E-state index is -0.263. The number of hydrogen-bond donors (Lipinski definition) is 2. The van der Waals surface area contributed by atoms with Gasteiger partial charge in [-0.3, -0.25) is 0 Å². The summed E-state index contributed by atoms with van der Waals surface area (Å²) >= 11 is 1.55. The van der Waals surface area contributed by atoms with E-state index < -0.39 is 0 Å². The van der Waals surface area contributed by atoms with Crippen LogP contribution in [0.25, 0.3) is 11.0 Å². The van der Waals surface area contributed by atoms with Gasteiger partial charge in [0.25, 0.3) is 0 Å². The molecule has 0 fully saturated rings. The van der Waals surface area contributed by atoms with Crippen LogP contribution in [0.15, 0.2) is 51.9 Å². The molecule has 7 nitrogen and oxygen atoms in total. The molecule has 0 bridgehead atoms. The molecule has 4 rings (SSSR count). The summed E-state index contributed by atoms with van der Waals surface area (Å²) in [5.41, 5.74) is 13.9. The van der Waals surface area contributed by atoms with Crippen LogP contribution in [0, 0.1) is 5.82 Å². The molecule has 9 heteroatoms. The third kappa shape index (κ3) is 4.36. The fourth-order valence-electron chi connectivity index (χ4n) is 3.29. The van der Waals surface area contributed by atoms with Crippen LogP contribution in [0.2, 0.25) is 0 Å². The number of fused-ring (bicyclic) bond motifs is 1. The lowest BCUT2D eigenvalue weighted by molar-refractivity contribution is 0.352. The first-order valence-electron chi connectivity index (χ1n) is 9.40. The van der Waals surface area contributed by atoms with Crippen LogP contribution in [0.5, 0.6) is 11.5 Å². The zero-order valence-electron chi connectivity index (χ0n) is 17.0. The van der Waals surface area contributed by atoms with E-state index >= 15 is 0 Å². The predicted molar refractivity (Wildman–Crippen MR) is 119 cm³/mol. The van der Waals surface area contributed by atoms with Gasteiger partial charge in [-0.25, -0.2) is 9.37 Å². The highest BCUT2D eigenvalue weighted by Gasteiger charge is 2.20. The van der Waals surface area contributed by atoms with Gasteiger partial charge in [-0.15, -0.1) is 11.8 Å². The Balaban J connectivity index is 1.72. The summed E-state index contributed by atoms with van der Waals surface area (Å²) in [6, 6.07) is 10.2. The number of nitrogen functional groups attached to an aromatic ring is 2. The van der Waals surface area contributed by atoms with Crippen LogP contribution in [0.3, 0.4) is 0 Å². The van der Waals surface area contributed by atoms with E-state index in [0.29, 0.717) is 35.1 Å². The van der Waals surface area contributed by atoms with Gasteiger partial charge in [0, 0.05) is 28.5 Å². The monoisotopic (exact) mass is 440 g/mol. The lowest BCUT2D eigenvalue weighted by Gasteiger charge is -2.12. The highest BCUT2D eigenvalue weighted by atomic mass is 32.2. The molecule has 0 saturated heterocycles. The summed E-state index contributed by atoms with van der Waals surface area (Å²) in [6.45, 7) is 0. The summed E-state index contributed by atoms with van der Waals surface area (Å²) in [4.78, 5) is 9.02. The van der Waals surface area contributed by atoms with Gasteiger partial charge in [0.05, 0.1) is 20.0 Å². The van der Waals surface area contributed by atoms with E-state index in [1.165, 1.54) is 12.1 Å². The summed E-state index contributed by atoms with van der Waals surface area (Å²) < 4.78 is 30.3. The van der Waals surface area contributed by atoms with Gasteiger partial charge in [-0.2, -0.15) is 4.98 Å². The number of furan rings is 1. The van der Waals surface area contributed by atoms with Gasteiger partial charge in [-0.1, -0.05) is 0 Å². The Labute approximate surface area is 182 Å². The molecule has 0 spiro atoms. The van der Waals surface area contributed by atoms with Gasteiger partial charge in [0.15, 0.2) is 11.3 Å². The maximum absolute atomic E-state index is 13.1. The Morgan fingerprint density at radius 2 is 1.84 bits per heavy atom. The van der Waals surface area contributed by atoms with E-state index in [1.54, 1.807) is 44.3 Å². The fourth-order valence-corrected chi connectivity index (χ4v) is 4.07. The molecule has 0 atom stereocenters. The Kier molecular flexibility index (Phi) is 5.85. The van der Waals surface area contributed by atoms with Crippen LogP contribution in [-0.4, -0.2) is 24.2 Å². The number of hydrogen-bond acceptors (Lipinski definition) is 8. The lowest BCUT2D eigenvalue weighted by atomic mass is 10.0. The number of nitrogens with two attached hydrogens (primary N) is 2. The van der Waals surface area contributed by atoms with Crippen molar-refractivity contribution in [3.8, 4) is 11.5 Å². The molecular weight excluding hydrogens is 419 g/mol. The third-order valence-electron chi connectivity index (χ3n) is 4.78. The molecule has 4 aromatic rings. The second-order valence-corrected chi connectivity index (χ2v) is 7.83. The maximum Gasteiger partial charge on any atom is 0.221 e. The second kappa shape index (κ2) is 8.73. The molecule has 0 radical (unpaired) electrons. The van der Waals surface area contributed by atoms with Crippen molar-refractivity contribution in [3.05, 3.63) is 65.3 Å². The molecule has 0 saturated carbocycles. The zero-order chi connectivity index (χ0) is 22.0. The van der Waals surface area contributed by atoms with Crippen molar-refractivity contribution in [2.24, 2.45) is 0 Å². The molecule has 2 aromatic heterocycles. The standard InChI is InChI=1S/C22H21FN4O3S/c1-28-18-8-12(7-13-10-26-22(25)27-21(13)24)17-9-15(30-19(17)20(18)29-2)11-31-16-5-3-14(23)4-6-16/h3-6,8-10H,7,11H2,1-2H3,(H4,24,25,26,27). The van der Waals surface area contributed by atoms with Crippen LogP contribution in [0.1, 0.15) is 16.9 Å². The van der Waals surface area contributed by atoms with E-state index in [4.69, 9.17) is 25.4 Å². The average molecular weight is 441 g/mol. The number of nitrogens with zero attached hydrogens (tertiary/aromatic N) is 2. The van der Waals surface area contributed by atoms with E-state index in [0.717, 1.165) is 27.2 Å². The Morgan fingerprint density at radius 3 is 2.52 bits per heavy atom. The highest BCUT2D eigenvalue weighted by Crippen LogP contribution is 2.41. The number of ether oxygens (including phenoxy) is 2. The number of thioether (sulfide) groups is 1. The van der Waals surface area contributed by atoms with Crippen molar-refractivity contribution >= 4 is 34.5 Å². The summed E-state index contributed by atoms with van der Waals surface area (Å²) in [5.74, 6) is 2.57. The van der Waals surface area contributed by atoms with E-state index in [9.17, 15) is 4.39 Å². The number of halogens is 1. The quantitative estimate of drug-likeness (QED) is 0.406. The van der Waals surface area contributed by atoms with E-state index in [1.807, 2.05) is 12.1 Å². The first-order chi connectivity index (χ1) is 15.0. The number of aromatic nitrogens is 2. The summed E-state index contributed by atoms with van der Waals surface area (Å²) in [6.07, 6.45) is 2.08. The number of methoxy groups -OCH3 is 2. The zero-order valence-corrected chi connectivity index (χ0v) is 17.8. The molecular formula is C22H21FN4O3S. The van der Waals surface area contributed by atoms with Gasteiger partial charge >= 0.3 is 0 Å². The number of rotatable bonds is 7. The van der Waals surface area contributed by atoms with Crippen molar-refractivity contribution in [1.82, 2.24) is 9.97 Å². The van der Waals surface area contributed by atoms with Crippen molar-refractivity contribution in [2.75, 3.05) is 25.7 Å². The van der Waals surface area contributed by atoms with Crippen molar-refractivity contribution in [3.63, 3.8) is 0 Å². The van der Waals surface area contributed by atoms with Crippen molar-refractivity contribution < 1.29 is 18.3 Å². The van der Waals surface area contributed by atoms with Crippen LogP contribution in [-0.2, 0) is 12.2 Å². The first kappa shape index (κ1) is 20.8. The summed E-state index contributed by atoms with van der Waals surface area (Å²) in [7, 11) is 3.14. The Hall–Kier alpha value is -3.46. The first-order valence-corrected chi connectivity index (χ1v) is 10.4. The molecule has 0 aliphatic heterocycles. The molecule has 4 N–H and O–H groups in total. The predicted octanol–water partition coefficient (Wildman–Crippen LogP) is 4.43. The molecule has 0 aliphatic carbocycles. The Morgan fingerprint density at radius 1 is 1.06 bits per heavy atom. The molecule has 31 heavy (non-hydrogen) atoms. The van der Waals surface area contributed by atoms with Gasteiger partial charge in [0.1, 0.15) is 17.4 Å². The number of anilines is 2. The molecule has 0 aliphatic rings. The minimum Gasteiger partial charge on any atom is -0.493 e. The van der Waals surface area contributed by atoms with Crippen molar-refractivity contribution in [2.45, 2.75) is 17.1 Å². The lowest BCUT2D eigenvalue weighted by Crippen LogP contribution is -2.04. The fraction of sp³-hybridized carbons (Fsp3) is 0.182. The van der Waals surface area contributed by atoms with Gasteiger partial charge < -0.3 is 25.4 Å². The van der Waals surface area contributed by atoms with Crippen molar-refractivity contribution in [1.29, 1.82) is 0 Å². The Bertz CT molecular complexity index is 1230. The molecule has 0 unspecified atom stereocenters. The highest BCUT2D eigenvalue weighted by molar-refractivity contribution is 7.98. The summed E-state index contributed by atoms with van der Waals surface area (Å²) in [5, 5.41) is 0.878. The molecule has 2 aromatic carbocycles. The van der Waals surface area contributed by atoms with Gasteiger partial charge in [-0.05, 0) is 42.0 Å². The van der Waals surface area contributed by atoms with Crippen LogP contribution < -0.4 is 20.9 Å². The maximum atomic E-state index is 13.1. The largest absolute Gasteiger partial charge is 0.493 e. The second-order valence-electron chi connectivity index (χ2n) is 6.78. The smallest absolute Gasteiger partial charge is 0.221 e. The van der Waals surface area contributed by atoms with Crippen LogP contribution >= 0.6 is 11.8 Å². The minimum absolute atomic E-state index is 0.127. The van der Waals surface area contributed by atoms with Crippen LogP contribution in [0.4, 0.5) is 16.2 Å². The molecule has 0 amide bonds. The third-order valence-corrected chi connectivity index (χ3v) is 5.82. The average Bonchev–Trinajstić information content (AvgIpc) is 3.19. The normalized spacial score (nSPS) is 11.1. The van der Waals surface area contributed by atoms with E-state index in [2.05, 4.69) is 9.97 Å². The topological polar surface area (TPSA) is 109 Å². The van der Waals surface area contributed by atoms with E-state index in [-0.39, 0.29) is 11.8 Å². The molecule has 2 heterocycles. The SMILES string of the molecule is COc1cc(Cc2cnc(N)nc2N)c2cc(CSc3ccc(F)cc3)oc2c1OC. The van der Waals surface area contributed by atoms with Gasteiger partial charge in [0.2, 0.25) is 11.7 Å². The molecule has 160 valence electrons.